The minimum atomic E-state index is -5.03. The number of carbonyl (C=O) groups is 3. The number of carboxylic acids is 1. The van der Waals surface area contributed by atoms with Crippen molar-refractivity contribution >= 4 is 56.2 Å². The number of thiazole rings is 1. The molecular formula is C29H38N8O10S2. The highest BCUT2D eigenvalue weighted by Gasteiger charge is 2.58. The van der Waals surface area contributed by atoms with Crippen LogP contribution < -0.4 is 26.8 Å². The van der Waals surface area contributed by atoms with Gasteiger partial charge in [-0.25, -0.2) is 9.78 Å². The molecule has 1 aromatic heterocycles. The normalized spacial score (nSPS) is 24.0. The van der Waals surface area contributed by atoms with Crippen molar-refractivity contribution < 1.29 is 46.3 Å². The molecule has 0 radical (unpaired) electrons. The van der Waals surface area contributed by atoms with Gasteiger partial charge in [-0.05, 0) is 76.8 Å². The number of amides is 2. The van der Waals surface area contributed by atoms with E-state index in [-0.39, 0.29) is 23.3 Å². The van der Waals surface area contributed by atoms with Crippen molar-refractivity contribution in [1.29, 1.82) is 0 Å². The van der Waals surface area contributed by atoms with Crippen LogP contribution in [-0.4, -0.2) is 99.9 Å². The summed E-state index contributed by atoms with van der Waals surface area (Å²) in [6, 6.07) is 4.06. The second-order valence-electron chi connectivity index (χ2n) is 12.5. The number of aliphatic carboxylic acids is 1. The van der Waals surface area contributed by atoms with Crippen molar-refractivity contribution in [3.8, 4) is 5.75 Å². The molecule has 2 amide bonds. The second kappa shape index (κ2) is 13.9. The molecule has 2 saturated heterocycles. The molecule has 266 valence electrons. The summed E-state index contributed by atoms with van der Waals surface area (Å²) in [5.74, 6) is -2.60. The number of ether oxygens (including phenoxy) is 1. The number of fused-ring (bicyclic) bond motifs is 1. The van der Waals surface area contributed by atoms with E-state index >= 15 is 0 Å². The number of nitrogens with two attached hydrogens (primary N) is 2. The van der Waals surface area contributed by atoms with Gasteiger partial charge in [0.15, 0.2) is 16.9 Å². The number of hydrogen-bond donors (Lipinski definition) is 6. The summed E-state index contributed by atoms with van der Waals surface area (Å²) in [6.45, 7) is 5.71. The molecule has 0 spiro atoms. The van der Waals surface area contributed by atoms with Gasteiger partial charge in [-0.1, -0.05) is 11.6 Å². The Labute approximate surface area is 285 Å². The number of amidine groups is 1. The summed E-state index contributed by atoms with van der Waals surface area (Å²) in [4.78, 5) is 53.1. The summed E-state index contributed by atoms with van der Waals surface area (Å²) in [7, 11) is -5.03. The number of aryl methyl sites for hydroxylation is 1. The summed E-state index contributed by atoms with van der Waals surface area (Å²) in [5.41, 5.74) is 9.50. The molecule has 0 bridgehead atoms. The highest BCUT2D eigenvalue weighted by Crippen LogP contribution is 2.35. The number of rotatable bonds is 11. The Morgan fingerprint density at radius 1 is 1.29 bits per heavy atom. The Balaban J connectivity index is 1.34. The third-order valence-corrected chi connectivity index (χ3v) is 9.62. The second-order valence-corrected chi connectivity index (χ2v) is 14.4. The molecule has 4 unspecified atom stereocenters. The molecule has 0 aliphatic carbocycles. The van der Waals surface area contributed by atoms with E-state index in [4.69, 9.17) is 30.6 Å². The zero-order valence-corrected chi connectivity index (χ0v) is 28.5. The Kier molecular flexibility index (Phi) is 10.2. The zero-order valence-electron chi connectivity index (χ0n) is 26.9. The van der Waals surface area contributed by atoms with Crippen molar-refractivity contribution in [2.24, 2.45) is 15.9 Å². The summed E-state index contributed by atoms with van der Waals surface area (Å²) < 4.78 is 41.8. The van der Waals surface area contributed by atoms with Gasteiger partial charge in [0.1, 0.15) is 23.3 Å². The first-order chi connectivity index (χ1) is 23.0. The van der Waals surface area contributed by atoms with Crippen LogP contribution in [0.4, 0.5) is 5.13 Å². The first-order valence-electron chi connectivity index (χ1n) is 15.4. The van der Waals surface area contributed by atoms with Crippen molar-refractivity contribution in [2.75, 3.05) is 18.8 Å². The molecule has 2 fully saturated rings. The lowest BCUT2D eigenvalue weighted by Crippen LogP contribution is -2.76. The Morgan fingerprint density at radius 3 is 2.69 bits per heavy atom. The number of anilines is 1. The molecule has 18 nitrogen and oxygen atoms in total. The van der Waals surface area contributed by atoms with Gasteiger partial charge in [0.05, 0.1) is 11.6 Å². The number of hydrogen-bond acceptors (Lipinski definition) is 14. The fourth-order valence-corrected chi connectivity index (χ4v) is 6.72. The van der Waals surface area contributed by atoms with Gasteiger partial charge in [0.2, 0.25) is 0 Å². The smallest absolute Gasteiger partial charge is 0.418 e. The number of oxime groups is 1. The van der Waals surface area contributed by atoms with E-state index < -0.39 is 57.2 Å². The largest absolute Gasteiger partial charge is 0.485 e. The van der Waals surface area contributed by atoms with Crippen LogP contribution in [0.2, 0.25) is 0 Å². The van der Waals surface area contributed by atoms with Crippen molar-refractivity contribution in [3.05, 3.63) is 40.4 Å². The Hall–Kier alpha value is -4.37. The first kappa shape index (κ1) is 35.9. The molecule has 2 aromatic rings. The maximum absolute atomic E-state index is 13.5. The number of nitrogen functional groups attached to an aromatic ring is 1. The third-order valence-electron chi connectivity index (χ3n) is 8.61. The average Bonchev–Trinajstić information content (AvgIpc) is 3.30. The number of carbonyl (C=O) groups excluding carboxylic acids is 2. The summed E-state index contributed by atoms with van der Waals surface area (Å²) in [6.07, 6.45) is 2.67. The van der Waals surface area contributed by atoms with Gasteiger partial charge in [-0.15, -0.1) is 15.6 Å². The fourth-order valence-electron chi connectivity index (χ4n) is 5.71. The molecule has 20 heteroatoms. The number of nitrogens with one attached hydrogen (secondary N) is 2. The highest BCUT2D eigenvalue weighted by atomic mass is 32.3. The number of carboxylic acid groups (broad SMARTS) is 1. The Morgan fingerprint density at radius 2 is 2.04 bits per heavy atom. The molecule has 3 aliphatic heterocycles. The zero-order chi connectivity index (χ0) is 35.7. The molecule has 4 heterocycles. The molecular weight excluding hydrogens is 684 g/mol. The van der Waals surface area contributed by atoms with Crippen LogP contribution in [0.15, 0.2) is 33.7 Å². The predicted octanol–water partition coefficient (Wildman–Crippen LogP) is 0.371. The quantitative estimate of drug-likeness (QED) is 0.0602. The predicted molar refractivity (Wildman–Crippen MR) is 176 cm³/mol. The fraction of sp³-hybridized carbons (Fsp3) is 0.517. The van der Waals surface area contributed by atoms with Gasteiger partial charge < -0.3 is 36.8 Å². The SMILES string of the molecule is CC(ON=C(C(=O)NC1C(=O)N(OS(=O)(=O)O)C1(C)C)c1csc(N)n1)(C(=O)O)C1CCc2cc(C(N)=NC3CCCCNC3)ccc2O1. The lowest BCUT2D eigenvalue weighted by atomic mass is 9.84. The molecule has 49 heavy (non-hydrogen) atoms. The molecule has 8 N–H and O–H groups in total. The van der Waals surface area contributed by atoms with Crippen LogP contribution >= 0.6 is 11.3 Å². The van der Waals surface area contributed by atoms with Gasteiger partial charge in [0, 0.05) is 17.5 Å². The minimum absolute atomic E-state index is 0.0625. The van der Waals surface area contributed by atoms with E-state index in [2.05, 4.69) is 25.1 Å². The minimum Gasteiger partial charge on any atom is -0.485 e. The van der Waals surface area contributed by atoms with E-state index in [1.165, 1.54) is 26.2 Å². The number of aliphatic imine (C=N–C) groups is 1. The summed E-state index contributed by atoms with van der Waals surface area (Å²) in [5, 5.41) is 21.8. The molecule has 4 atom stereocenters. The maximum Gasteiger partial charge on any atom is 0.418 e. The van der Waals surface area contributed by atoms with Crippen LogP contribution in [-0.2, 0) is 40.3 Å². The third kappa shape index (κ3) is 7.77. The molecule has 5 rings (SSSR count). The number of hydroxylamine groups is 2. The van der Waals surface area contributed by atoms with E-state index in [1.54, 1.807) is 12.1 Å². The van der Waals surface area contributed by atoms with Crippen LogP contribution in [0, 0.1) is 0 Å². The number of β-lactam (4-membered cyclic amide) rings is 1. The summed E-state index contributed by atoms with van der Waals surface area (Å²) >= 11 is 0.969. The van der Waals surface area contributed by atoms with Crippen molar-refractivity contribution in [2.45, 2.75) is 82.2 Å². The molecule has 1 aromatic carbocycles. The average molecular weight is 723 g/mol. The van der Waals surface area contributed by atoms with Crippen LogP contribution in [0.3, 0.4) is 0 Å². The van der Waals surface area contributed by atoms with Gasteiger partial charge >= 0.3 is 16.4 Å². The molecule has 3 aliphatic rings. The van der Waals surface area contributed by atoms with Gasteiger partial charge in [-0.2, -0.15) is 13.5 Å². The maximum atomic E-state index is 13.5. The van der Waals surface area contributed by atoms with E-state index in [0.29, 0.717) is 23.1 Å². The highest BCUT2D eigenvalue weighted by molar-refractivity contribution is 7.80. The van der Waals surface area contributed by atoms with Crippen molar-refractivity contribution in [1.82, 2.24) is 20.7 Å². The number of nitrogens with zero attached hydrogens (tertiary/aromatic N) is 4. The topological polar surface area (TPSA) is 270 Å². The van der Waals surface area contributed by atoms with Gasteiger partial charge in [0.25, 0.3) is 17.4 Å². The monoisotopic (exact) mass is 722 g/mol. The lowest BCUT2D eigenvalue weighted by molar-refractivity contribution is -0.218. The standard InChI is InChI=1S/C29H38N8O10S2/c1-28(2)22(25(39)37(28)47-49(42,43)44)35-24(38)21(18-14-48-27(31)34-18)36-46-29(3,26(40)41)20-10-8-15-12-16(7-9-19(15)45-20)23(30)33-17-6-4-5-11-32-13-17/h7,9,12,14,17,20,22,32H,4-6,8,10-11,13H2,1-3H3,(H2,30,33)(H2,31,34)(H,35,38)(H,40,41)(H,42,43,44). The van der Waals surface area contributed by atoms with E-state index in [1.807, 2.05) is 6.07 Å². The van der Waals surface area contributed by atoms with E-state index in [0.717, 1.165) is 54.8 Å². The number of aromatic nitrogens is 1. The van der Waals surface area contributed by atoms with Crippen LogP contribution in [0.25, 0.3) is 0 Å². The van der Waals surface area contributed by atoms with E-state index in [9.17, 15) is 27.9 Å². The number of benzene rings is 1. The van der Waals surface area contributed by atoms with Crippen LogP contribution in [0.5, 0.6) is 5.75 Å². The first-order valence-corrected chi connectivity index (χ1v) is 17.6. The van der Waals surface area contributed by atoms with Crippen molar-refractivity contribution in [3.63, 3.8) is 0 Å². The Bertz CT molecular complexity index is 1790. The van der Waals surface area contributed by atoms with Crippen LogP contribution in [0.1, 0.15) is 63.3 Å². The lowest BCUT2D eigenvalue weighted by Gasteiger charge is -2.50. The van der Waals surface area contributed by atoms with Gasteiger partial charge in [-0.3, -0.25) is 19.1 Å². The molecule has 0 saturated carbocycles.